The van der Waals surface area contributed by atoms with Gasteiger partial charge in [0.2, 0.25) is 5.95 Å². The van der Waals surface area contributed by atoms with Gasteiger partial charge in [0.15, 0.2) is 0 Å². The maximum atomic E-state index is 13.2. The number of carbonyl (C=O) groups is 1. The number of benzene rings is 3. The molecule has 0 saturated carbocycles. The van der Waals surface area contributed by atoms with Crippen LogP contribution in [0.2, 0.25) is 0 Å². The predicted octanol–water partition coefficient (Wildman–Crippen LogP) is 4.22. The monoisotopic (exact) mass is 425 g/mol. The summed E-state index contributed by atoms with van der Waals surface area (Å²) >= 11 is 0. The van der Waals surface area contributed by atoms with Crippen LogP contribution in [0.5, 0.6) is 0 Å². The Morgan fingerprint density at radius 3 is 2.59 bits per heavy atom. The third kappa shape index (κ3) is 4.76. The highest BCUT2D eigenvalue weighted by molar-refractivity contribution is 5.96. The molecule has 1 heterocycles. The van der Waals surface area contributed by atoms with E-state index in [0.717, 1.165) is 33.2 Å². The number of carbonyl (C=O) groups excluding carboxylic acids is 1. The van der Waals surface area contributed by atoms with Crippen LogP contribution in [0, 0.1) is 6.92 Å². The first-order valence-corrected chi connectivity index (χ1v) is 10.5. The van der Waals surface area contributed by atoms with E-state index >= 15 is 0 Å². The molecule has 1 atom stereocenters. The second-order valence-corrected chi connectivity index (χ2v) is 8.23. The highest BCUT2D eigenvalue weighted by Crippen LogP contribution is 2.28. The molecule has 0 saturated heterocycles. The molecule has 3 aromatic carbocycles. The summed E-state index contributed by atoms with van der Waals surface area (Å²) in [6.45, 7) is 2.75. The van der Waals surface area contributed by atoms with Crippen LogP contribution in [0.4, 0.5) is 5.95 Å². The summed E-state index contributed by atoms with van der Waals surface area (Å²) in [6, 6.07) is 21.7. The topological polar surface area (TPSA) is 84.1 Å². The minimum Gasteiger partial charge on any atom is -0.368 e. The second kappa shape index (κ2) is 9.16. The van der Waals surface area contributed by atoms with Gasteiger partial charge < -0.3 is 16.0 Å². The molecule has 162 valence electrons. The molecule has 0 radical (unpaired) electrons. The smallest absolute Gasteiger partial charge is 0.251 e. The number of nitrogens with zero attached hydrogens (tertiary/aromatic N) is 3. The molecule has 3 N–H and O–H groups in total. The van der Waals surface area contributed by atoms with Crippen molar-refractivity contribution in [2.45, 2.75) is 13.0 Å². The Hall–Kier alpha value is -3.77. The van der Waals surface area contributed by atoms with Gasteiger partial charge in [-0.3, -0.25) is 4.79 Å². The van der Waals surface area contributed by atoms with Crippen molar-refractivity contribution in [3.05, 3.63) is 89.6 Å². The molecule has 4 aromatic rings. The fraction of sp³-hybridized carbons (Fsp3) is 0.192. The van der Waals surface area contributed by atoms with Gasteiger partial charge in [0, 0.05) is 23.7 Å². The highest BCUT2D eigenvalue weighted by Gasteiger charge is 2.17. The van der Waals surface area contributed by atoms with Gasteiger partial charge in [-0.05, 0) is 67.5 Å². The Bertz CT molecular complexity index is 1250. The minimum absolute atomic E-state index is 0.0983. The van der Waals surface area contributed by atoms with Crippen molar-refractivity contribution in [1.82, 2.24) is 20.2 Å². The molecule has 32 heavy (non-hydrogen) atoms. The van der Waals surface area contributed by atoms with E-state index in [-0.39, 0.29) is 17.9 Å². The quantitative estimate of drug-likeness (QED) is 0.483. The zero-order valence-corrected chi connectivity index (χ0v) is 18.5. The molecule has 1 amide bonds. The van der Waals surface area contributed by atoms with Crippen LogP contribution in [-0.2, 0) is 0 Å². The molecular formula is C26H27N5O. The SMILES string of the molecule is Cc1ccc(C(=O)N[C@H](CN(C)C)c2ccccc2)cc1-c1ccc2nc(N)ncc2c1. The van der Waals surface area contributed by atoms with Crippen LogP contribution >= 0.6 is 0 Å². The lowest BCUT2D eigenvalue weighted by atomic mass is 9.96. The summed E-state index contributed by atoms with van der Waals surface area (Å²) in [6.07, 6.45) is 1.72. The summed E-state index contributed by atoms with van der Waals surface area (Å²) in [4.78, 5) is 23.6. The van der Waals surface area contributed by atoms with E-state index in [1.807, 2.05) is 87.7 Å². The number of likely N-dealkylation sites (N-methyl/N-ethyl adjacent to an activating group) is 1. The lowest BCUT2D eigenvalue weighted by Crippen LogP contribution is -2.35. The largest absolute Gasteiger partial charge is 0.368 e. The third-order valence-corrected chi connectivity index (χ3v) is 5.46. The minimum atomic E-state index is -0.105. The van der Waals surface area contributed by atoms with Crippen molar-refractivity contribution in [1.29, 1.82) is 0 Å². The Morgan fingerprint density at radius 2 is 1.84 bits per heavy atom. The fourth-order valence-electron chi connectivity index (χ4n) is 3.82. The molecule has 0 unspecified atom stereocenters. The van der Waals surface area contributed by atoms with Gasteiger partial charge in [0.1, 0.15) is 0 Å². The first-order valence-electron chi connectivity index (χ1n) is 10.5. The van der Waals surface area contributed by atoms with E-state index in [9.17, 15) is 4.79 Å². The van der Waals surface area contributed by atoms with E-state index < -0.39 is 0 Å². The lowest BCUT2D eigenvalue weighted by molar-refractivity contribution is 0.0930. The first-order chi connectivity index (χ1) is 15.4. The average Bonchev–Trinajstić information content (AvgIpc) is 2.79. The van der Waals surface area contributed by atoms with E-state index in [1.54, 1.807) is 6.20 Å². The molecule has 1 aromatic heterocycles. The van der Waals surface area contributed by atoms with Gasteiger partial charge in [-0.25, -0.2) is 9.97 Å². The Kier molecular flexibility index (Phi) is 6.14. The number of amides is 1. The summed E-state index contributed by atoms with van der Waals surface area (Å²) in [7, 11) is 4.01. The van der Waals surface area contributed by atoms with Gasteiger partial charge in [0.05, 0.1) is 11.6 Å². The summed E-state index contributed by atoms with van der Waals surface area (Å²) in [5.74, 6) is 0.157. The predicted molar refractivity (Wildman–Crippen MR) is 129 cm³/mol. The third-order valence-electron chi connectivity index (χ3n) is 5.46. The Morgan fingerprint density at radius 1 is 1.06 bits per heavy atom. The van der Waals surface area contributed by atoms with Gasteiger partial charge in [-0.15, -0.1) is 0 Å². The first kappa shape index (κ1) is 21.5. The molecular weight excluding hydrogens is 398 g/mol. The van der Waals surface area contributed by atoms with Crippen molar-refractivity contribution >= 4 is 22.8 Å². The number of rotatable bonds is 6. The molecule has 4 rings (SSSR count). The number of nitrogen functional groups attached to an aromatic ring is 1. The molecule has 0 spiro atoms. The van der Waals surface area contributed by atoms with Crippen LogP contribution in [0.1, 0.15) is 27.5 Å². The standard InChI is InChI=1S/C26H27N5O/c1-17-9-10-20(25(32)29-24(16-31(2)3)18-7-5-4-6-8-18)14-22(17)19-11-12-23-21(13-19)15-28-26(27)30-23/h4-15,24H,16H2,1-3H3,(H,29,32)(H2,27,28,30)/t24-/m1/s1. The number of aryl methyl sites for hydroxylation is 1. The molecule has 0 aliphatic rings. The van der Waals surface area contributed by atoms with Crippen LogP contribution in [0.3, 0.4) is 0 Å². The number of fused-ring (bicyclic) bond motifs is 1. The van der Waals surface area contributed by atoms with Crippen molar-refractivity contribution in [2.24, 2.45) is 0 Å². The van der Waals surface area contributed by atoms with Gasteiger partial charge in [-0.1, -0.05) is 42.5 Å². The number of nitrogens with one attached hydrogen (secondary N) is 1. The van der Waals surface area contributed by atoms with Crippen LogP contribution in [0.15, 0.2) is 72.9 Å². The van der Waals surface area contributed by atoms with E-state index in [0.29, 0.717) is 12.1 Å². The molecule has 0 fully saturated rings. The molecule has 0 bridgehead atoms. The number of hydrogen-bond donors (Lipinski definition) is 2. The summed E-state index contributed by atoms with van der Waals surface area (Å²) < 4.78 is 0. The molecule has 0 aliphatic heterocycles. The Labute approximate surface area is 188 Å². The summed E-state index contributed by atoms with van der Waals surface area (Å²) in [5.41, 5.74) is 11.3. The fourth-order valence-corrected chi connectivity index (χ4v) is 3.82. The maximum absolute atomic E-state index is 13.2. The van der Waals surface area contributed by atoms with E-state index in [4.69, 9.17) is 5.73 Å². The number of anilines is 1. The highest BCUT2D eigenvalue weighted by atomic mass is 16.1. The number of nitrogens with two attached hydrogens (primary N) is 1. The average molecular weight is 426 g/mol. The van der Waals surface area contributed by atoms with Crippen LogP contribution in [-0.4, -0.2) is 41.4 Å². The summed E-state index contributed by atoms with van der Waals surface area (Å²) in [5, 5.41) is 4.10. The molecule has 6 nitrogen and oxygen atoms in total. The van der Waals surface area contributed by atoms with Crippen molar-refractivity contribution < 1.29 is 4.79 Å². The van der Waals surface area contributed by atoms with E-state index in [1.165, 1.54) is 0 Å². The maximum Gasteiger partial charge on any atom is 0.251 e. The van der Waals surface area contributed by atoms with E-state index in [2.05, 4.69) is 20.2 Å². The Balaban J connectivity index is 1.64. The van der Waals surface area contributed by atoms with Gasteiger partial charge >= 0.3 is 0 Å². The van der Waals surface area contributed by atoms with Crippen molar-refractivity contribution in [2.75, 3.05) is 26.4 Å². The van der Waals surface area contributed by atoms with Crippen LogP contribution in [0.25, 0.3) is 22.0 Å². The number of aromatic nitrogens is 2. The van der Waals surface area contributed by atoms with Crippen molar-refractivity contribution in [3.63, 3.8) is 0 Å². The second-order valence-electron chi connectivity index (χ2n) is 8.23. The lowest BCUT2D eigenvalue weighted by Gasteiger charge is -2.23. The van der Waals surface area contributed by atoms with Crippen molar-refractivity contribution in [3.8, 4) is 11.1 Å². The van der Waals surface area contributed by atoms with Gasteiger partial charge in [0.25, 0.3) is 5.91 Å². The zero-order chi connectivity index (χ0) is 22.7. The number of hydrogen-bond acceptors (Lipinski definition) is 5. The van der Waals surface area contributed by atoms with Crippen LogP contribution < -0.4 is 11.1 Å². The zero-order valence-electron chi connectivity index (χ0n) is 18.5. The normalized spacial score (nSPS) is 12.1. The molecule has 6 heteroatoms. The van der Waals surface area contributed by atoms with Gasteiger partial charge in [-0.2, -0.15) is 0 Å². The molecule has 0 aliphatic carbocycles.